The summed E-state index contributed by atoms with van der Waals surface area (Å²) in [5, 5.41) is 10.2. The number of thiophene rings is 1. The van der Waals surface area contributed by atoms with Crippen molar-refractivity contribution in [1.29, 1.82) is 0 Å². The first-order valence-electron chi connectivity index (χ1n) is 5.87. The summed E-state index contributed by atoms with van der Waals surface area (Å²) < 4.78 is 0. The maximum atomic E-state index is 10.2. The second-order valence-corrected chi connectivity index (χ2v) is 5.92. The third-order valence-electron chi connectivity index (χ3n) is 3.01. The molecule has 0 bridgehead atoms. The molecule has 0 radical (unpaired) electrons. The van der Waals surface area contributed by atoms with E-state index in [0.717, 1.165) is 4.88 Å². The Morgan fingerprint density at radius 3 is 2.53 bits per heavy atom. The molecule has 1 aromatic heterocycles. The van der Waals surface area contributed by atoms with Crippen LogP contribution in [0, 0.1) is 20.8 Å². The highest BCUT2D eigenvalue weighted by atomic mass is 32.1. The van der Waals surface area contributed by atoms with Crippen LogP contribution in [-0.4, -0.2) is 5.11 Å². The number of hydrogen-bond acceptors (Lipinski definition) is 2. The van der Waals surface area contributed by atoms with Crippen molar-refractivity contribution < 1.29 is 5.11 Å². The van der Waals surface area contributed by atoms with Crippen LogP contribution in [0.3, 0.4) is 0 Å². The second kappa shape index (κ2) is 5.03. The van der Waals surface area contributed by atoms with Gasteiger partial charge < -0.3 is 5.11 Å². The van der Waals surface area contributed by atoms with Crippen LogP contribution in [0.1, 0.15) is 32.5 Å². The average Bonchev–Trinajstić information content (AvgIpc) is 2.70. The molecule has 1 nitrogen and oxygen atoms in total. The van der Waals surface area contributed by atoms with Gasteiger partial charge in [0.25, 0.3) is 0 Å². The SMILES string of the molecule is Cc1ccc(C)c(CC(O)c2ccc(C)s2)c1. The molecule has 0 aliphatic heterocycles. The van der Waals surface area contributed by atoms with Crippen molar-refractivity contribution in [3.05, 3.63) is 56.8 Å². The quantitative estimate of drug-likeness (QED) is 0.869. The molecule has 1 N–H and O–H groups in total. The molecule has 0 saturated heterocycles. The van der Waals surface area contributed by atoms with Crippen LogP contribution in [0.25, 0.3) is 0 Å². The molecule has 1 unspecified atom stereocenters. The van der Waals surface area contributed by atoms with Gasteiger partial charge in [-0.25, -0.2) is 0 Å². The van der Waals surface area contributed by atoms with Gasteiger partial charge in [0, 0.05) is 16.2 Å². The molecule has 0 aliphatic rings. The third-order valence-corrected chi connectivity index (χ3v) is 4.11. The number of benzene rings is 1. The summed E-state index contributed by atoms with van der Waals surface area (Å²) in [6, 6.07) is 10.5. The van der Waals surface area contributed by atoms with Gasteiger partial charge in [-0.05, 0) is 44.0 Å². The molecule has 0 saturated carbocycles. The van der Waals surface area contributed by atoms with Crippen LogP contribution in [0.2, 0.25) is 0 Å². The first-order chi connectivity index (χ1) is 8.06. The molecule has 0 fully saturated rings. The minimum atomic E-state index is -0.380. The van der Waals surface area contributed by atoms with Gasteiger partial charge in [-0.3, -0.25) is 0 Å². The van der Waals surface area contributed by atoms with Crippen molar-refractivity contribution in [2.75, 3.05) is 0 Å². The normalized spacial score (nSPS) is 12.7. The second-order valence-electron chi connectivity index (χ2n) is 4.60. The van der Waals surface area contributed by atoms with Gasteiger partial charge in [0.1, 0.15) is 0 Å². The molecule has 1 atom stereocenters. The van der Waals surface area contributed by atoms with Crippen LogP contribution in [0.4, 0.5) is 0 Å². The Morgan fingerprint density at radius 1 is 1.12 bits per heavy atom. The third kappa shape index (κ3) is 2.96. The van der Waals surface area contributed by atoms with E-state index in [1.807, 2.05) is 6.07 Å². The van der Waals surface area contributed by atoms with Crippen molar-refractivity contribution in [2.24, 2.45) is 0 Å². The fraction of sp³-hybridized carbons (Fsp3) is 0.333. The Bertz CT molecular complexity index is 513. The fourth-order valence-electron chi connectivity index (χ4n) is 1.96. The Kier molecular flexibility index (Phi) is 3.65. The highest BCUT2D eigenvalue weighted by Crippen LogP contribution is 2.26. The lowest BCUT2D eigenvalue weighted by molar-refractivity contribution is 0.182. The van der Waals surface area contributed by atoms with Crippen molar-refractivity contribution in [3.8, 4) is 0 Å². The molecule has 2 aromatic rings. The van der Waals surface area contributed by atoms with Gasteiger partial charge in [-0.1, -0.05) is 23.8 Å². The lowest BCUT2D eigenvalue weighted by Crippen LogP contribution is -2.01. The van der Waals surface area contributed by atoms with E-state index >= 15 is 0 Å². The number of aryl methyl sites for hydroxylation is 3. The van der Waals surface area contributed by atoms with E-state index in [-0.39, 0.29) is 6.10 Å². The van der Waals surface area contributed by atoms with Crippen LogP contribution < -0.4 is 0 Å². The van der Waals surface area contributed by atoms with Gasteiger partial charge in [0.2, 0.25) is 0 Å². The van der Waals surface area contributed by atoms with Crippen molar-refractivity contribution in [2.45, 2.75) is 33.3 Å². The van der Waals surface area contributed by atoms with E-state index in [1.165, 1.54) is 21.6 Å². The van der Waals surface area contributed by atoms with Gasteiger partial charge in [0.05, 0.1) is 6.10 Å². The summed E-state index contributed by atoms with van der Waals surface area (Å²) >= 11 is 1.68. The maximum absolute atomic E-state index is 10.2. The Labute approximate surface area is 107 Å². The largest absolute Gasteiger partial charge is 0.387 e. The molecule has 90 valence electrons. The lowest BCUT2D eigenvalue weighted by Gasteiger charge is -2.11. The molecule has 1 aromatic carbocycles. The van der Waals surface area contributed by atoms with E-state index in [1.54, 1.807) is 11.3 Å². The van der Waals surface area contributed by atoms with Crippen molar-refractivity contribution in [3.63, 3.8) is 0 Å². The number of hydrogen-bond donors (Lipinski definition) is 1. The van der Waals surface area contributed by atoms with Gasteiger partial charge in [-0.15, -0.1) is 11.3 Å². The zero-order valence-electron chi connectivity index (χ0n) is 10.5. The minimum absolute atomic E-state index is 0.380. The first kappa shape index (κ1) is 12.3. The fourth-order valence-corrected chi connectivity index (χ4v) is 2.82. The summed E-state index contributed by atoms with van der Waals surface area (Å²) in [6.45, 7) is 6.25. The van der Waals surface area contributed by atoms with E-state index < -0.39 is 0 Å². The molecule has 0 amide bonds. The summed E-state index contributed by atoms with van der Waals surface area (Å²) in [5.41, 5.74) is 3.74. The maximum Gasteiger partial charge on any atom is 0.0922 e. The molecule has 17 heavy (non-hydrogen) atoms. The predicted octanol–water partition coefficient (Wildman–Crippen LogP) is 3.95. The molecule has 1 heterocycles. The monoisotopic (exact) mass is 246 g/mol. The predicted molar refractivity (Wildman–Crippen MR) is 73.6 cm³/mol. The minimum Gasteiger partial charge on any atom is -0.387 e. The lowest BCUT2D eigenvalue weighted by atomic mass is 10.00. The highest BCUT2D eigenvalue weighted by molar-refractivity contribution is 7.12. The highest BCUT2D eigenvalue weighted by Gasteiger charge is 2.12. The molecule has 2 rings (SSSR count). The van der Waals surface area contributed by atoms with Gasteiger partial charge in [0.15, 0.2) is 0 Å². The van der Waals surface area contributed by atoms with Crippen molar-refractivity contribution in [1.82, 2.24) is 0 Å². The number of aliphatic hydroxyl groups excluding tert-OH is 1. The van der Waals surface area contributed by atoms with Crippen LogP contribution in [0.5, 0.6) is 0 Å². The zero-order valence-corrected chi connectivity index (χ0v) is 11.3. The molecule has 0 spiro atoms. The molecular weight excluding hydrogens is 228 g/mol. The van der Waals surface area contributed by atoms with E-state index in [9.17, 15) is 5.11 Å². The Hall–Kier alpha value is -1.12. The smallest absolute Gasteiger partial charge is 0.0922 e. The summed E-state index contributed by atoms with van der Waals surface area (Å²) in [5.74, 6) is 0. The van der Waals surface area contributed by atoms with E-state index in [2.05, 4.69) is 45.0 Å². The molecule has 0 aliphatic carbocycles. The average molecular weight is 246 g/mol. The van der Waals surface area contributed by atoms with Crippen LogP contribution >= 0.6 is 11.3 Å². The van der Waals surface area contributed by atoms with Gasteiger partial charge in [-0.2, -0.15) is 0 Å². The van der Waals surface area contributed by atoms with E-state index in [0.29, 0.717) is 6.42 Å². The standard InChI is InChI=1S/C15H18OS/c1-10-4-5-11(2)13(8-10)9-14(16)15-7-6-12(3)17-15/h4-8,14,16H,9H2,1-3H3. The first-order valence-corrected chi connectivity index (χ1v) is 6.68. The Balaban J connectivity index is 2.18. The Morgan fingerprint density at radius 2 is 1.88 bits per heavy atom. The number of rotatable bonds is 3. The molecule has 2 heteroatoms. The summed E-state index contributed by atoms with van der Waals surface area (Å²) in [6.07, 6.45) is 0.321. The van der Waals surface area contributed by atoms with Crippen molar-refractivity contribution >= 4 is 11.3 Å². The summed E-state index contributed by atoms with van der Waals surface area (Å²) in [4.78, 5) is 2.31. The molecular formula is C15H18OS. The van der Waals surface area contributed by atoms with Crippen LogP contribution in [-0.2, 0) is 6.42 Å². The van der Waals surface area contributed by atoms with Crippen LogP contribution in [0.15, 0.2) is 30.3 Å². The zero-order chi connectivity index (χ0) is 12.4. The number of aliphatic hydroxyl groups is 1. The topological polar surface area (TPSA) is 20.2 Å². The summed E-state index contributed by atoms with van der Waals surface area (Å²) in [7, 11) is 0. The van der Waals surface area contributed by atoms with Gasteiger partial charge >= 0.3 is 0 Å². The van der Waals surface area contributed by atoms with E-state index in [4.69, 9.17) is 0 Å².